The van der Waals surface area contributed by atoms with Crippen LogP contribution in [-0.2, 0) is 30.5 Å². The zero-order chi connectivity index (χ0) is 17.5. The third-order valence-corrected chi connectivity index (χ3v) is 3.83. The molecule has 24 heavy (non-hydrogen) atoms. The number of carbonyl (C=O) groups is 3. The van der Waals surface area contributed by atoms with Crippen molar-refractivity contribution in [1.29, 1.82) is 0 Å². The number of esters is 2. The fourth-order valence-electron chi connectivity index (χ4n) is 1.86. The van der Waals surface area contributed by atoms with E-state index in [1.807, 2.05) is 18.2 Å². The second-order valence-electron chi connectivity index (χ2n) is 4.72. The summed E-state index contributed by atoms with van der Waals surface area (Å²) in [5.41, 5.74) is 1.20. The predicted octanol–water partition coefficient (Wildman–Crippen LogP) is 2.43. The van der Waals surface area contributed by atoms with Crippen LogP contribution < -0.4 is 4.90 Å². The molecule has 7 nitrogen and oxygen atoms in total. The van der Waals surface area contributed by atoms with Gasteiger partial charge in [-0.25, -0.2) is 4.98 Å². The van der Waals surface area contributed by atoms with Gasteiger partial charge in [0.05, 0.1) is 18.5 Å². The van der Waals surface area contributed by atoms with Crippen LogP contribution in [0.2, 0.25) is 0 Å². The topological polar surface area (TPSA) is 85.8 Å². The number of hydrogen-bond donors (Lipinski definition) is 0. The van der Waals surface area contributed by atoms with Crippen LogP contribution in [0, 0.1) is 0 Å². The molecular weight excluding hydrogens is 332 g/mol. The summed E-state index contributed by atoms with van der Waals surface area (Å²) in [6.45, 7) is 1.37. The molecule has 0 saturated carbocycles. The summed E-state index contributed by atoms with van der Waals surface area (Å²) in [6, 6.07) is 9.12. The summed E-state index contributed by atoms with van der Waals surface area (Å²) in [5.74, 6) is -1.53. The van der Waals surface area contributed by atoms with Crippen LogP contribution >= 0.6 is 11.3 Å². The molecule has 0 N–H and O–H groups in total. The Morgan fingerprint density at radius 1 is 1.17 bits per heavy atom. The maximum Gasteiger partial charge on any atom is 0.317 e. The molecule has 1 heterocycles. The number of hydrogen-bond acceptors (Lipinski definition) is 7. The maximum atomic E-state index is 11.9. The van der Waals surface area contributed by atoms with E-state index in [2.05, 4.69) is 9.72 Å². The van der Waals surface area contributed by atoms with E-state index in [9.17, 15) is 14.4 Å². The van der Waals surface area contributed by atoms with Crippen molar-refractivity contribution in [2.45, 2.75) is 20.0 Å². The molecule has 1 aromatic heterocycles. The van der Waals surface area contributed by atoms with Crippen molar-refractivity contribution >= 4 is 40.0 Å². The third-order valence-electron chi connectivity index (χ3n) is 2.96. The van der Waals surface area contributed by atoms with Crippen LogP contribution in [-0.4, -0.2) is 29.9 Å². The number of nitrogens with zero attached hydrogens (tertiary/aromatic N) is 2. The first kappa shape index (κ1) is 17.6. The van der Waals surface area contributed by atoms with Crippen molar-refractivity contribution < 1.29 is 23.9 Å². The molecule has 0 unspecified atom stereocenters. The van der Waals surface area contributed by atoms with Gasteiger partial charge in [0.2, 0.25) is 5.91 Å². The van der Waals surface area contributed by atoms with Crippen LogP contribution in [0.3, 0.4) is 0 Å². The highest BCUT2D eigenvalue weighted by Crippen LogP contribution is 2.28. The molecule has 0 radical (unpaired) electrons. The Morgan fingerprint density at radius 2 is 1.88 bits per heavy atom. The van der Waals surface area contributed by atoms with Crippen molar-refractivity contribution in [3.63, 3.8) is 0 Å². The first-order valence-electron chi connectivity index (χ1n) is 7.04. The molecule has 0 spiro atoms. The van der Waals surface area contributed by atoms with Gasteiger partial charge in [-0.15, -0.1) is 11.3 Å². The largest absolute Gasteiger partial charge is 0.469 e. The highest BCUT2D eigenvalue weighted by Gasteiger charge is 2.18. The molecule has 0 aliphatic carbocycles. The predicted molar refractivity (Wildman–Crippen MR) is 87.8 cm³/mol. The summed E-state index contributed by atoms with van der Waals surface area (Å²) >= 11 is 1.26. The van der Waals surface area contributed by atoms with Crippen LogP contribution in [0.4, 0.5) is 10.8 Å². The summed E-state index contributed by atoms with van der Waals surface area (Å²) in [6.07, 6.45) is -0.447. The molecule has 1 amide bonds. The Balaban J connectivity index is 2.05. The van der Waals surface area contributed by atoms with Crippen LogP contribution in [0.1, 0.15) is 19.0 Å². The number of rotatable bonds is 6. The summed E-state index contributed by atoms with van der Waals surface area (Å²) in [4.78, 5) is 40.1. The van der Waals surface area contributed by atoms with Crippen molar-refractivity contribution in [2.24, 2.45) is 0 Å². The second-order valence-corrected chi connectivity index (χ2v) is 5.56. The average Bonchev–Trinajstić information content (AvgIpc) is 3.02. The highest BCUT2D eigenvalue weighted by atomic mass is 32.1. The molecule has 126 valence electrons. The number of anilines is 2. The molecule has 2 rings (SSSR count). The molecule has 0 aliphatic heterocycles. The lowest BCUT2D eigenvalue weighted by Crippen LogP contribution is -2.22. The van der Waals surface area contributed by atoms with Gasteiger partial charge in [0.15, 0.2) is 5.13 Å². The van der Waals surface area contributed by atoms with E-state index in [0.29, 0.717) is 16.5 Å². The molecule has 0 bridgehead atoms. The van der Waals surface area contributed by atoms with E-state index < -0.39 is 18.4 Å². The second kappa shape index (κ2) is 8.21. The van der Waals surface area contributed by atoms with Crippen molar-refractivity contribution in [3.05, 3.63) is 41.4 Å². The fourth-order valence-corrected chi connectivity index (χ4v) is 2.74. The Morgan fingerprint density at radius 3 is 2.50 bits per heavy atom. The lowest BCUT2D eigenvalue weighted by Gasteiger charge is -2.17. The normalized spacial score (nSPS) is 10.1. The van der Waals surface area contributed by atoms with Gasteiger partial charge in [-0.1, -0.05) is 18.2 Å². The lowest BCUT2D eigenvalue weighted by molar-refractivity contribution is -0.153. The number of thiazole rings is 1. The number of benzene rings is 1. The van der Waals surface area contributed by atoms with Crippen LogP contribution in [0.15, 0.2) is 35.7 Å². The smallest absolute Gasteiger partial charge is 0.317 e. The Bertz CT molecular complexity index is 729. The zero-order valence-corrected chi connectivity index (χ0v) is 14.0. The van der Waals surface area contributed by atoms with Gasteiger partial charge in [0.1, 0.15) is 13.0 Å². The fraction of sp³-hybridized carbons (Fsp3) is 0.250. The van der Waals surface area contributed by atoms with E-state index in [1.54, 1.807) is 17.5 Å². The first-order chi connectivity index (χ1) is 11.5. The van der Waals surface area contributed by atoms with E-state index in [0.717, 1.165) is 0 Å². The molecule has 0 aliphatic rings. The zero-order valence-electron chi connectivity index (χ0n) is 13.2. The Kier molecular flexibility index (Phi) is 6.02. The number of amides is 1. The van der Waals surface area contributed by atoms with Gasteiger partial charge in [-0.2, -0.15) is 0 Å². The van der Waals surface area contributed by atoms with Crippen LogP contribution in [0.5, 0.6) is 0 Å². The minimum Gasteiger partial charge on any atom is -0.469 e. The van der Waals surface area contributed by atoms with E-state index in [-0.39, 0.29) is 12.5 Å². The monoisotopic (exact) mass is 348 g/mol. The quantitative estimate of drug-likeness (QED) is 0.589. The van der Waals surface area contributed by atoms with Crippen LogP contribution in [0.25, 0.3) is 0 Å². The Labute approximate surface area is 142 Å². The molecule has 0 fully saturated rings. The van der Waals surface area contributed by atoms with Gasteiger partial charge >= 0.3 is 11.9 Å². The molecular formula is C16H16N2O5S. The van der Waals surface area contributed by atoms with Gasteiger partial charge in [-0.3, -0.25) is 19.3 Å². The molecule has 0 saturated heterocycles. The molecule has 0 atom stereocenters. The molecule has 1 aromatic carbocycles. The average molecular weight is 348 g/mol. The number of para-hydroxylation sites is 1. The summed E-state index contributed by atoms with van der Waals surface area (Å²) in [5, 5.41) is 2.17. The standard InChI is InChI=1S/C16H16N2O5S/c1-11(19)18(13-6-4-3-5-7-13)16-17-12(10-24-16)9-23-15(21)8-14(20)22-2/h3-7,10H,8-9H2,1-2H3. The van der Waals surface area contributed by atoms with E-state index in [1.165, 1.54) is 30.3 Å². The van der Waals surface area contributed by atoms with Crippen molar-refractivity contribution in [3.8, 4) is 0 Å². The Hall–Kier alpha value is -2.74. The van der Waals surface area contributed by atoms with Gasteiger partial charge in [0, 0.05) is 12.3 Å². The van der Waals surface area contributed by atoms with Gasteiger partial charge in [0.25, 0.3) is 0 Å². The SMILES string of the molecule is COC(=O)CC(=O)OCc1csc(N(C(C)=O)c2ccccc2)n1. The third kappa shape index (κ3) is 4.63. The number of carbonyl (C=O) groups excluding carboxylic acids is 3. The first-order valence-corrected chi connectivity index (χ1v) is 7.92. The van der Waals surface area contributed by atoms with E-state index >= 15 is 0 Å². The van der Waals surface area contributed by atoms with Gasteiger partial charge < -0.3 is 9.47 Å². The summed E-state index contributed by atoms with van der Waals surface area (Å²) < 4.78 is 9.35. The highest BCUT2D eigenvalue weighted by molar-refractivity contribution is 7.14. The minimum absolute atomic E-state index is 0.0765. The lowest BCUT2D eigenvalue weighted by atomic mass is 10.3. The molecule has 2 aromatic rings. The van der Waals surface area contributed by atoms with Crippen molar-refractivity contribution in [2.75, 3.05) is 12.0 Å². The molecule has 8 heteroatoms. The number of methoxy groups -OCH3 is 1. The number of ether oxygens (including phenoxy) is 2. The summed E-state index contributed by atoms with van der Waals surface area (Å²) in [7, 11) is 1.20. The maximum absolute atomic E-state index is 11.9. The van der Waals surface area contributed by atoms with E-state index in [4.69, 9.17) is 4.74 Å². The van der Waals surface area contributed by atoms with Crippen molar-refractivity contribution in [1.82, 2.24) is 4.98 Å². The van der Waals surface area contributed by atoms with Gasteiger partial charge in [-0.05, 0) is 12.1 Å². The minimum atomic E-state index is -0.692. The number of aromatic nitrogens is 1.